The number of H-pyrrole nitrogens is 1. The Balaban J connectivity index is 1.54. The number of hydrogen-bond acceptors (Lipinski definition) is 6. The summed E-state index contributed by atoms with van der Waals surface area (Å²) in [5.41, 5.74) is 4.03. The number of thiophene rings is 1. The van der Waals surface area contributed by atoms with Gasteiger partial charge >= 0.3 is 0 Å². The Morgan fingerprint density at radius 1 is 1.28 bits per heavy atom. The van der Waals surface area contributed by atoms with Crippen LogP contribution >= 0.6 is 11.3 Å². The first-order valence-electron chi connectivity index (χ1n) is 11.2. The van der Waals surface area contributed by atoms with E-state index in [2.05, 4.69) is 41.9 Å². The van der Waals surface area contributed by atoms with E-state index >= 15 is 0 Å². The summed E-state index contributed by atoms with van der Waals surface area (Å²) in [5, 5.41) is 13.2. The molecule has 1 saturated carbocycles. The molecule has 1 aromatic carbocycles. The van der Waals surface area contributed by atoms with Crippen molar-refractivity contribution in [2.24, 2.45) is 0 Å². The van der Waals surface area contributed by atoms with Crippen molar-refractivity contribution in [3.8, 4) is 11.1 Å². The molecular formula is C25H33N3O3S. The van der Waals surface area contributed by atoms with Gasteiger partial charge in [0.05, 0.1) is 30.2 Å². The van der Waals surface area contributed by atoms with Gasteiger partial charge < -0.3 is 14.8 Å². The second kappa shape index (κ2) is 9.06. The molecule has 1 unspecified atom stereocenters. The van der Waals surface area contributed by atoms with Crippen molar-refractivity contribution in [2.75, 3.05) is 13.2 Å². The standard InChI is InChI=1S/C25H33N3O3S/c1-15-6-7-17(10-16(15)2)20-14-32-24-22(20)23(30)26-21(27-24)12-28(18-8-9-18)11-19(29)13-31-25(3,4)5/h6-7,10,14,18-19,29H,8-9,11-13H2,1-5H3,(H,26,27,30). The Kier molecular flexibility index (Phi) is 6.54. The largest absolute Gasteiger partial charge is 0.389 e. The number of ether oxygens (including phenoxy) is 1. The highest BCUT2D eigenvalue weighted by Crippen LogP contribution is 2.32. The zero-order valence-electron chi connectivity index (χ0n) is 19.6. The van der Waals surface area contributed by atoms with Crippen molar-refractivity contribution in [3.63, 3.8) is 0 Å². The number of nitrogens with one attached hydrogen (secondary N) is 1. The van der Waals surface area contributed by atoms with Gasteiger partial charge in [0, 0.05) is 23.5 Å². The second-order valence-corrected chi connectivity index (χ2v) is 10.7. The van der Waals surface area contributed by atoms with Gasteiger partial charge in [0.15, 0.2) is 0 Å². The molecule has 0 amide bonds. The van der Waals surface area contributed by atoms with Gasteiger partial charge in [-0.2, -0.15) is 0 Å². The molecule has 172 valence electrons. The minimum atomic E-state index is -0.580. The van der Waals surface area contributed by atoms with Gasteiger partial charge in [-0.05, 0) is 64.2 Å². The fourth-order valence-corrected chi connectivity index (χ4v) is 4.80. The van der Waals surface area contributed by atoms with Crippen LogP contribution in [0.25, 0.3) is 21.3 Å². The van der Waals surface area contributed by atoms with E-state index in [1.165, 1.54) is 22.5 Å². The Labute approximate surface area is 193 Å². The SMILES string of the molecule is Cc1ccc(-c2csc3nc(CN(CC(O)COC(C)(C)C)C4CC4)[nH]c(=O)c23)cc1C. The second-order valence-electron chi connectivity index (χ2n) is 9.88. The third-order valence-electron chi connectivity index (χ3n) is 5.88. The molecule has 1 aliphatic rings. The van der Waals surface area contributed by atoms with Gasteiger partial charge in [0.25, 0.3) is 5.56 Å². The Hall–Kier alpha value is -2.06. The first-order chi connectivity index (χ1) is 15.1. The van der Waals surface area contributed by atoms with E-state index in [0.717, 1.165) is 28.8 Å². The van der Waals surface area contributed by atoms with Crippen molar-refractivity contribution in [1.82, 2.24) is 14.9 Å². The Bertz CT molecular complexity index is 1160. The summed E-state index contributed by atoms with van der Waals surface area (Å²) in [6.07, 6.45) is 1.63. The maximum atomic E-state index is 13.0. The van der Waals surface area contributed by atoms with Gasteiger partial charge in [-0.3, -0.25) is 9.69 Å². The van der Waals surface area contributed by atoms with Crippen LogP contribution in [0.1, 0.15) is 50.6 Å². The predicted molar refractivity (Wildman–Crippen MR) is 130 cm³/mol. The number of fused-ring (bicyclic) bond motifs is 1. The van der Waals surface area contributed by atoms with Gasteiger partial charge in [0.2, 0.25) is 0 Å². The van der Waals surface area contributed by atoms with Gasteiger partial charge in [0.1, 0.15) is 10.7 Å². The van der Waals surface area contributed by atoms with Crippen molar-refractivity contribution in [3.05, 3.63) is 50.9 Å². The number of rotatable bonds is 8. The summed E-state index contributed by atoms with van der Waals surface area (Å²) in [4.78, 5) is 23.8. The zero-order chi connectivity index (χ0) is 23.0. The van der Waals surface area contributed by atoms with Crippen molar-refractivity contribution >= 4 is 21.6 Å². The molecule has 32 heavy (non-hydrogen) atoms. The van der Waals surface area contributed by atoms with Crippen LogP contribution in [0.3, 0.4) is 0 Å². The number of hydrogen-bond donors (Lipinski definition) is 2. The molecule has 2 heterocycles. The average molecular weight is 456 g/mol. The minimum Gasteiger partial charge on any atom is -0.389 e. The molecular weight excluding hydrogens is 422 g/mol. The molecule has 0 radical (unpaired) electrons. The molecule has 4 rings (SSSR count). The summed E-state index contributed by atoms with van der Waals surface area (Å²) in [6, 6.07) is 6.70. The van der Waals surface area contributed by atoms with Crippen LogP contribution in [0.2, 0.25) is 0 Å². The number of benzene rings is 1. The lowest BCUT2D eigenvalue weighted by atomic mass is 10.0. The van der Waals surface area contributed by atoms with Crippen molar-refractivity contribution in [1.29, 1.82) is 0 Å². The van der Waals surface area contributed by atoms with Crippen LogP contribution in [0.5, 0.6) is 0 Å². The van der Waals surface area contributed by atoms with E-state index < -0.39 is 6.10 Å². The molecule has 1 aliphatic carbocycles. The minimum absolute atomic E-state index is 0.105. The topological polar surface area (TPSA) is 78.5 Å². The predicted octanol–water partition coefficient (Wildman–Crippen LogP) is 4.41. The third-order valence-corrected chi connectivity index (χ3v) is 6.75. The average Bonchev–Trinajstić information content (AvgIpc) is 3.47. The van der Waals surface area contributed by atoms with E-state index in [9.17, 15) is 9.90 Å². The lowest BCUT2D eigenvalue weighted by molar-refractivity contribution is -0.0574. The van der Waals surface area contributed by atoms with Crippen LogP contribution in [0.15, 0.2) is 28.4 Å². The fraction of sp³-hybridized carbons (Fsp3) is 0.520. The zero-order valence-corrected chi connectivity index (χ0v) is 20.4. The van der Waals surface area contributed by atoms with Gasteiger partial charge in [-0.15, -0.1) is 11.3 Å². The number of aliphatic hydroxyl groups is 1. The monoisotopic (exact) mass is 455 g/mol. The van der Waals surface area contributed by atoms with Gasteiger partial charge in [-0.1, -0.05) is 18.2 Å². The van der Waals surface area contributed by atoms with Crippen molar-refractivity contribution < 1.29 is 9.84 Å². The highest BCUT2D eigenvalue weighted by Gasteiger charge is 2.31. The summed E-state index contributed by atoms with van der Waals surface area (Å²) in [6.45, 7) is 11.4. The number of nitrogens with zero attached hydrogens (tertiary/aromatic N) is 2. The fourth-order valence-electron chi connectivity index (χ4n) is 3.83. The van der Waals surface area contributed by atoms with E-state index in [4.69, 9.17) is 9.72 Å². The maximum Gasteiger partial charge on any atom is 0.260 e. The first-order valence-corrected chi connectivity index (χ1v) is 12.1. The van der Waals surface area contributed by atoms with E-state index in [-0.39, 0.29) is 11.2 Å². The van der Waals surface area contributed by atoms with E-state index in [0.29, 0.717) is 36.9 Å². The molecule has 6 nitrogen and oxygen atoms in total. The van der Waals surface area contributed by atoms with Crippen LogP contribution in [0, 0.1) is 13.8 Å². The normalized spacial score (nSPS) is 15.6. The summed E-state index contributed by atoms with van der Waals surface area (Å²) in [7, 11) is 0. The Morgan fingerprint density at radius 2 is 2.03 bits per heavy atom. The van der Waals surface area contributed by atoms with Crippen LogP contribution in [-0.4, -0.2) is 50.9 Å². The van der Waals surface area contributed by atoms with Gasteiger partial charge in [-0.25, -0.2) is 4.98 Å². The third kappa shape index (κ3) is 5.46. The molecule has 7 heteroatoms. The highest BCUT2D eigenvalue weighted by molar-refractivity contribution is 7.17. The molecule has 1 fully saturated rings. The number of aliphatic hydroxyl groups excluding tert-OH is 1. The lowest BCUT2D eigenvalue weighted by Crippen LogP contribution is -2.38. The molecule has 1 atom stereocenters. The Morgan fingerprint density at radius 3 is 2.69 bits per heavy atom. The van der Waals surface area contributed by atoms with Crippen LogP contribution < -0.4 is 5.56 Å². The lowest BCUT2D eigenvalue weighted by Gasteiger charge is -2.27. The number of aromatic nitrogens is 2. The summed E-state index contributed by atoms with van der Waals surface area (Å²) >= 11 is 1.50. The van der Waals surface area contributed by atoms with Crippen LogP contribution in [-0.2, 0) is 11.3 Å². The molecule has 3 aromatic rings. The summed E-state index contributed by atoms with van der Waals surface area (Å²) in [5.74, 6) is 0.645. The van der Waals surface area contributed by atoms with E-state index in [1.807, 2.05) is 26.2 Å². The van der Waals surface area contributed by atoms with Crippen LogP contribution in [0.4, 0.5) is 0 Å². The summed E-state index contributed by atoms with van der Waals surface area (Å²) < 4.78 is 5.73. The molecule has 0 spiro atoms. The molecule has 0 bridgehead atoms. The van der Waals surface area contributed by atoms with E-state index in [1.54, 1.807) is 0 Å². The molecule has 2 aromatic heterocycles. The smallest absolute Gasteiger partial charge is 0.260 e. The number of aryl methyl sites for hydroxylation is 2. The highest BCUT2D eigenvalue weighted by atomic mass is 32.1. The molecule has 2 N–H and O–H groups in total. The number of aromatic amines is 1. The first kappa shape index (κ1) is 23.1. The molecule has 0 aliphatic heterocycles. The quantitative estimate of drug-likeness (QED) is 0.526. The maximum absolute atomic E-state index is 13.0. The van der Waals surface area contributed by atoms with Crippen molar-refractivity contribution in [2.45, 2.75) is 71.8 Å². The molecule has 0 saturated heterocycles.